The molecule has 0 unspecified atom stereocenters. The first kappa shape index (κ1) is 19.7. The summed E-state index contributed by atoms with van der Waals surface area (Å²) in [5.41, 5.74) is 0.704. The average molecular weight is 430 g/mol. The van der Waals surface area contributed by atoms with Crippen LogP contribution in [-0.2, 0) is 0 Å². The lowest BCUT2D eigenvalue weighted by Crippen LogP contribution is -2.39. The number of amides is 1. The molecule has 1 saturated carbocycles. The van der Waals surface area contributed by atoms with Crippen LogP contribution < -0.4 is 16.0 Å². The van der Waals surface area contributed by atoms with E-state index in [1.54, 1.807) is 0 Å². The van der Waals surface area contributed by atoms with E-state index >= 15 is 0 Å². The summed E-state index contributed by atoms with van der Waals surface area (Å²) < 4.78 is 0. The third-order valence-electron chi connectivity index (χ3n) is 3.52. The molecule has 0 aliphatic heterocycles. The molecule has 1 amide bonds. The van der Waals surface area contributed by atoms with Crippen LogP contribution in [0, 0.1) is 5.92 Å². The number of guanidine groups is 1. The lowest BCUT2D eigenvalue weighted by molar-refractivity contribution is 0.0953. The van der Waals surface area contributed by atoms with Crippen LogP contribution in [0.1, 0.15) is 36.5 Å². The number of nitrogens with zero attached hydrogens (tertiary/aromatic N) is 1. The fourth-order valence-electron chi connectivity index (χ4n) is 2.05. The first-order valence-corrected chi connectivity index (χ1v) is 8.15. The van der Waals surface area contributed by atoms with Crippen molar-refractivity contribution in [2.45, 2.75) is 26.2 Å². The van der Waals surface area contributed by atoms with Gasteiger partial charge >= 0.3 is 0 Å². The molecule has 0 aromatic heterocycles. The lowest BCUT2D eigenvalue weighted by atomic mass is 10.2. The van der Waals surface area contributed by atoms with E-state index in [1.807, 2.05) is 30.3 Å². The first-order valence-electron chi connectivity index (χ1n) is 8.15. The summed E-state index contributed by atoms with van der Waals surface area (Å²) in [5.74, 6) is 1.65. The Hall–Kier alpha value is -1.31. The van der Waals surface area contributed by atoms with Crippen molar-refractivity contribution in [2.24, 2.45) is 10.9 Å². The van der Waals surface area contributed by atoms with Crippen LogP contribution in [0.2, 0.25) is 0 Å². The quantitative estimate of drug-likeness (QED) is 0.257. The van der Waals surface area contributed by atoms with Gasteiger partial charge in [0.25, 0.3) is 5.91 Å². The van der Waals surface area contributed by atoms with Gasteiger partial charge in [-0.3, -0.25) is 9.79 Å². The monoisotopic (exact) mass is 430 g/mol. The molecule has 0 radical (unpaired) electrons. The molecule has 1 aromatic carbocycles. The normalized spacial score (nSPS) is 13.9. The second-order valence-corrected chi connectivity index (χ2v) is 5.57. The van der Waals surface area contributed by atoms with Crippen LogP contribution >= 0.6 is 24.0 Å². The maximum Gasteiger partial charge on any atom is 0.251 e. The van der Waals surface area contributed by atoms with Gasteiger partial charge in [0.05, 0.1) is 0 Å². The van der Waals surface area contributed by atoms with E-state index < -0.39 is 0 Å². The highest BCUT2D eigenvalue weighted by Crippen LogP contribution is 2.28. The summed E-state index contributed by atoms with van der Waals surface area (Å²) in [6.07, 6.45) is 3.50. The number of carbonyl (C=O) groups excluding carboxylic acids is 1. The second kappa shape index (κ2) is 11.3. The summed E-state index contributed by atoms with van der Waals surface area (Å²) in [4.78, 5) is 16.4. The van der Waals surface area contributed by atoms with Crippen LogP contribution in [0.3, 0.4) is 0 Å². The Labute approximate surface area is 155 Å². The molecular weight excluding hydrogens is 403 g/mol. The van der Waals surface area contributed by atoms with Gasteiger partial charge in [-0.2, -0.15) is 0 Å². The maximum atomic E-state index is 11.9. The van der Waals surface area contributed by atoms with E-state index in [9.17, 15) is 4.79 Å². The van der Waals surface area contributed by atoms with Gasteiger partial charge in [0.15, 0.2) is 5.96 Å². The number of hydrogen-bond donors (Lipinski definition) is 3. The molecule has 0 bridgehead atoms. The van der Waals surface area contributed by atoms with E-state index in [2.05, 4.69) is 27.9 Å². The van der Waals surface area contributed by atoms with Gasteiger partial charge in [-0.05, 0) is 44.2 Å². The summed E-state index contributed by atoms with van der Waals surface area (Å²) >= 11 is 0. The second-order valence-electron chi connectivity index (χ2n) is 5.57. The number of benzene rings is 1. The Morgan fingerprint density at radius 3 is 2.48 bits per heavy atom. The van der Waals surface area contributed by atoms with Crippen molar-refractivity contribution < 1.29 is 4.79 Å². The molecule has 0 saturated heterocycles. The zero-order chi connectivity index (χ0) is 15.6. The predicted molar refractivity (Wildman–Crippen MR) is 106 cm³/mol. The van der Waals surface area contributed by atoms with Gasteiger partial charge in [0, 0.05) is 31.7 Å². The molecule has 128 valence electrons. The molecule has 1 aromatic rings. The van der Waals surface area contributed by atoms with Crippen molar-refractivity contribution in [3.05, 3.63) is 35.9 Å². The van der Waals surface area contributed by atoms with Crippen molar-refractivity contribution in [1.82, 2.24) is 16.0 Å². The Kier molecular flexibility index (Phi) is 9.66. The zero-order valence-electron chi connectivity index (χ0n) is 13.7. The Morgan fingerprint density at radius 1 is 1.13 bits per heavy atom. The SMILES string of the molecule is CCNC(=NCC1CC1)NCCCNC(=O)c1ccccc1.I. The Bertz CT molecular complexity index is 489. The van der Waals surface area contributed by atoms with Crippen LogP contribution in [0.15, 0.2) is 35.3 Å². The summed E-state index contributed by atoms with van der Waals surface area (Å²) in [7, 11) is 0. The van der Waals surface area contributed by atoms with E-state index in [0.717, 1.165) is 37.9 Å². The fraction of sp³-hybridized carbons (Fsp3) is 0.529. The number of rotatable bonds is 8. The van der Waals surface area contributed by atoms with Gasteiger partial charge in [-0.25, -0.2) is 0 Å². The molecule has 1 aliphatic carbocycles. The van der Waals surface area contributed by atoms with Gasteiger partial charge in [-0.1, -0.05) is 18.2 Å². The smallest absolute Gasteiger partial charge is 0.251 e. The fourth-order valence-corrected chi connectivity index (χ4v) is 2.05. The molecule has 2 rings (SSSR count). The third-order valence-corrected chi connectivity index (χ3v) is 3.52. The van der Waals surface area contributed by atoms with Crippen molar-refractivity contribution in [2.75, 3.05) is 26.2 Å². The van der Waals surface area contributed by atoms with E-state index in [-0.39, 0.29) is 29.9 Å². The molecule has 0 heterocycles. The zero-order valence-corrected chi connectivity index (χ0v) is 16.0. The predicted octanol–water partition coefficient (Wildman–Crippen LogP) is 2.39. The van der Waals surface area contributed by atoms with Crippen LogP contribution in [0.4, 0.5) is 0 Å². The molecule has 1 aliphatic rings. The van der Waals surface area contributed by atoms with Crippen molar-refractivity contribution in [3.8, 4) is 0 Å². The van der Waals surface area contributed by atoms with Gasteiger partial charge in [0.2, 0.25) is 0 Å². The van der Waals surface area contributed by atoms with Gasteiger partial charge < -0.3 is 16.0 Å². The number of carbonyl (C=O) groups is 1. The molecule has 0 spiro atoms. The summed E-state index contributed by atoms with van der Waals surface area (Å²) in [6.45, 7) is 5.30. The van der Waals surface area contributed by atoms with E-state index in [0.29, 0.717) is 12.1 Å². The molecule has 1 fully saturated rings. The number of hydrogen-bond acceptors (Lipinski definition) is 2. The number of halogens is 1. The minimum absolute atomic E-state index is 0. The van der Waals surface area contributed by atoms with Crippen LogP contribution in [-0.4, -0.2) is 38.0 Å². The maximum absolute atomic E-state index is 11.9. The molecular formula is C17H27IN4O. The molecule has 3 N–H and O–H groups in total. The molecule has 6 heteroatoms. The van der Waals surface area contributed by atoms with Gasteiger partial charge in [0.1, 0.15) is 0 Å². The summed E-state index contributed by atoms with van der Waals surface area (Å²) in [5, 5.41) is 9.47. The topological polar surface area (TPSA) is 65.5 Å². The Morgan fingerprint density at radius 2 is 1.83 bits per heavy atom. The van der Waals surface area contributed by atoms with Crippen molar-refractivity contribution >= 4 is 35.8 Å². The van der Waals surface area contributed by atoms with E-state index in [4.69, 9.17) is 0 Å². The van der Waals surface area contributed by atoms with Gasteiger partial charge in [-0.15, -0.1) is 24.0 Å². The van der Waals surface area contributed by atoms with Crippen molar-refractivity contribution in [1.29, 1.82) is 0 Å². The highest BCUT2D eigenvalue weighted by Gasteiger charge is 2.20. The summed E-state index contributed by atoms with van der Waals surface area (Å²) in [6, 6.07) is 9.29. The molecule has 23 heavy (non-hydrogen) atoms. The number of aliphatic imine (C=N–C) groups is 1. The highest BCUT2D eigenvalue weighted by molar-refractivity contribution is 14.0. The largest absolute Gasteiger partial charge is 0.357 e. The molecule has 5 nitrogen and oxygen atoms in total. The van der Waals surface area contributed by atoms with E-state index in [1.165, 1.54) is 12.8 Å². The minimum Gasteiger partial charge on any atom is -0.357 e. The third kappa shape index (κ3) is 8.20. The Balaban J connectivity index is 0.00000264. The lowest BCUT2D eigenvalue weighted by Gasteiger charge is -2.11. The van der Waals surface area contributed by atoms with Crippen LogP contribution in [0.5, 0.6) is 0 Å². The average Bonchev–Trinajstić information content (AvgIpc) is 3.37. The highest BCUT2D eigenvalue weighted by atomic mass is 127. The van der Waals surface area contributed by atoms with Crippen molar-refractivity contribution in [3.63, 3.8) is 0 Å². The molecule has 0 atom stereocenters. The number of nitrogens with one attached hydrogen (secondary N) is 3. The minimum atomic E-state index is -0.0186. The van der Waals surface area contributed by atoms with Crippen LogP contribution in [0.25, 0.3) is 0 Å². The standard InChI is InChI=1S/C17H26N4O.HI/c1-2-18-17(21-13-14-9-10-14)20-12-6-11-19-16(22)15-7-4-3-5-8-15;/h3-5,7-8,14H,2,6,9-13H2,1H3,(H,19,22)(H2,18,20,21);1H. The first-order chi connectivity index (χ1) is 10.8.